The molecule has 0 aliphatic rings. The molecular formula is C23H41F7O3. The van der Waals surface area contributed by atoms with E-state index in [-0.39, 0.29) is 19.3 Å². The van der Waals surface area contributed by atoms with Crippen LogP contribution in [-0.4, -0.2) is 51.2 Å². The van der Waals surface area contributed by atoms with E-state index in [4.69, 9.17) is 14.2 Å². The van der Waals surface area contributed by atoms with Crippen LogP contribution in [0.2, 0.25) is 0 Å². The summed E-state index contributed by atoms with van der Waals surface area (Å²) in [6.07, 6.45) is -1.93. The Hall–Kier alpha value is -0.610. The lowest BCUT2D eigenvalue weighted by atomic mass is 9.68. The first kappa shape index (κ1) is 32.4. The Balaban J connectivity index is 6.44. The highest BCUT2D eigenvalue weighted by molar-refractivity contribution is 5.11. The molecule has 0 saturated heterocycles. The fourth-order valence-electron chi connectivity index (χ4n) is 4.43. The molecule has 200 valence electrons. The second-order valence-corrected chi connectivity index (χ2v) is 8.50. The van der Waals surface area contributed by atoms with Gasteiger partial charge in [-0.1, -0.05) is 72.1 Å². The molecule has 0 aromatic carbocycles. The van der Waals surface area contributed by atoms with Crippen LogP contribution in [0.1, 0.15) is 91.4 Å². The van der Waals surface area contributed by atoms with Gasteiger partial charge in [0, 0.05) is 21.3 Å². The largest absolute Gasteiger partial charge is 0.375 e. The van der Waals surface area contributed by atoms with Gasteiger partial charge >= 0.3 is 17.8 Å². The van der Waals surface area contributed by atoms with E-state index in [1.807, 2.05) is 6.92 Å². The lowest BCUT2D eigenvalue weighted by Crippen LogP contribution is -2.71. The molecule has 0 aliphatic carbocycles. The first-order valence-corrected chi connectivity index (χ1v) is 11.7. The number of alkyl halides is 7. The van der Waals surface area contributed by atoms with Crippen LogP contribution >= 0.6 is 0 Å². The Labute approximate surface area is 193 Å². The molecule has 0 aromatic rings. The Morgan fingerprint density at radius 3 is 1.52 bits per heavy atom. The van der Waals surface area contributed by atoms with Crippen molar-refractivity contribution >= 4 is 0 Å². The summed E-state index contributed by atoms with van der Waals surface area (Å²) in [6, 6.07) is 0. The van der Waals surface area contributed by atoms with Gasteiger partial charge in [0.1, 0.15) is 5.41 Å². The topological polar surface area (TPSA) is 27.7 Å². The highest BCUT2D eigenvalue weighted by Crippen LogP contribution is 2.63. The van der Waals surface area contributed by atoms with Crippen LogP contribution in [0.25, 0.3) is 0 Å². The number of rotatable bonds is 19. The summed E-state index contributed by atoms with van der Waals surface area (Å²) in [7, 11) is 2.72. The van der Waals surface area contributed by atoms with E-state index in [9.17, 15) is 13.2 Å². The molecule has 0 amide bonds. The summed E-state index contributed by atoms with van der Waals surface area (Å²) in [5.41, 5.74) is -3.03. The van der Waals surface area contributed by atoms with Crippen molar-refractivity contribution in [3.05, 3.63) is 0 Å². The minimum atomic E-state index is -6.04. The van der Waals surface area contributed by atoms with Crippen molar-refractivity contribution in [2.75, 3.05) is 21.3 Å². The molecular weight excluding hydrogens is 457 g/mol. The number of methoxy groups -OCH3 is 3. The molecule has 0 spiro atoms. The zero-order chi connectivity index (χ0) is 26.0. The maximum atomic E-state index is 15.7. The van der Waals surface area contributed by atoms with Gasteiger partial charge in [0.15, 0.2) is 6.17 Å². The van der Waals surface area contributed by atoms with E-state index >= 15 is 17.6 Å². The van der Waals surface area contributed by atoms with Gasteiger partial charge in [0.25, 0.3) is 5.97 Å². The molecule has 0 N–H and O–H groups in total. The van der Waals surface area contributed by atoms with Gasteiger partial charge in [-0.3, -0.25) is 0 Å². The number of ether oxygens (including phenoxy) is 3. The van der Waals surface area contributed by atoms with Crippen molar-refractivity contribution in [1.29, 1.82) is 0 Å². The zero-order valence-electron chi connectivity index (χ0n) is 20.7. The molecule has 0 aromatic heterocycles. The van der Waals surface area contributed by atoms with Crippen molar-refractivity contribution in [2.45, 2.75) is 121 Å². The maximum absolute atomic E-state index is 15.7. The number of unbranched alkanes of at least 4 members (excludes halogenated alkanes) is 6. The standard InChI is InChI=1S/C23H41F7O3/c1-7-10-12-13-14-15-17-19(9-3,23(31-4,32-5)33-6)21(27,28)22(29,30)20(25,26)18(24)16-11-8-2/h18H,7-17H2,1-6H3. The van der Waals surface area contributed by atoms with E-state index in [0.717, 1.165) is 47.5 Å². The van der Waals surface area contributed by atoms with E-state index in [0.29, 0.717) is 12.8 Å². The van der Waals surface area contributed by atoms with Crippen LogP contribution < -0.4 is 0 Å². The summed E-state index contributed by atoms with van der Waals surface area (Å²) in [5.74, 6) is -19.9. The minimum absolute atomic E-state index is 0.0154. The zero-order valence-corrected chi connectivity index (χ0v) is 20.7. The molecule has 2 unspecified atom stereocenters. The molecule has 2 atom stereocenters. The molecule has 0 saturated carbocycles. The Kier molecular flexibility index (Phi) is 13.2. The van der Waals surface area contributed by atoms with E-state index < -0.39 is 54.6 Å². The molecule has 0 rings (SSSR count). The molecule has 0 heterocycles. The summed E-state index contributed by atoms with van der Waals surface area (Å²) in [4.78, 5) is 0. The van der Waals surface area contributed by atoms with Gasteiger partial charge in [-0.05, 0) is 19.3 Å². The quantitative estimate of drug-likeness (QED) is 0.102. The van der Waals surface area contributed by atoms with Crippen LogP contribution in [0, 0.1) is 5.41 Å². The summed E-state index contributed by atoms with van der Waals surface area (Å²) >= 11 is 0. The number of hydrogen-bond donors (Lipinski definition) is 0. The highest BCUT2D eigenvalue weighted by Gasteiger charge is 2.83. The van der Waals surface area contributed by atoms with Crippen molar-refractivity contribution in [2.24, 2.45) is 5.41 Å². The fraction of sp³-hybridized carbons (Fsp3) is 1.00. The van der Waals surface area contributed by atoms with Gasteiger partial charge in [-0.25, -0.2) is 4.39 Å². The van der Waals surface area contributed by atoms with Crippen molar-refractivity contribution in [3.8, 4) is 0 Å². The smallest absolute Gasteiger partial charge is 0.330 e. The summed E-state index contributed by atoms with van der Waals surface area (Å²) in [6.45, 7) is 4.69. The van der Waals surface area contributed by atoms with Gasteiger partial charge in [0.2, 0.25) is 0 Å². The Morgan fingerprint density at radius 2 is 1.09 bits per heavy atom. The van der Waals surface area contributed by atoms with Crippen molar-refractivity contribution in [3.63, 3.8) is 0 Å². The fourth-order valence-corrected chi connectivity index (χ4v) is 4.43. The molecule has 33 heavy (non-hydrogen) atoms. The molecule has 0 bridgehead atoms. The van der Waals surface area contributed by atoms with Crippen LogP contribution in [0.5, 0.6) is 0 Å². The van der Waals surface area contributed by atoms with Gasteiger partial charge < -0.3 is 14.2 Å². The molecule has 10 heteroatoms. The second kappa shape index (κ2) is 13.5. The van der Waals surface area contributed by atoms with Crippen LogP contribution in [0.3, 0.4) is 0 Å². The second-order valence-electron chi connectivity index (χ2n) is 8.50. The lowest BCUT2D eigenvalue weighted by molar-refractivity contribution is -0.469. The van der Waals surface area contributed by atoms with Crippen molar-refractivity contribution < 1.29 is 44.9 Å². The van der Waals surface area contributed by atoms with Crippen LogP contribution in [0.4, 0.5) is 30.7 Å². The van der Waals surface area contributed by atoms with E-state index in [2.05, 4.69) is 0 Å². The van der Waals surface area contributed by atoms with Gasteiger partial charge in [0.05, 0.1) is 0 Å². The Morgan fingerprint density at radius 1 is 0.636 bits per heavy atom. The third-order valence-corrected chi connectivity index (χ3v) is 6.57. The average Bonchev–Trinajstić information content (AvgIpc) is 2.78. The average molecular weight is 499 g/mol. The van der Waals surface area contributed by atoms with E-state index in [1.165, 1.54) is 0 Å². The highest BCUT2D eigenvalue weighted by atomic mass is 19.3. The first-order chi connectivity index (χ1) is 15.3. The Bertz CT molecular complexity index is 534. The maximum Gasteiger partial charge on any atom is 0.375 e. The molecule has 0 fully saturated rings. The summed E-state index contributed by atoms with van der Waals surface area (Å²) < 4.78 is 120. The monoisotopic (exact) mass is 498 g/mol. The van der Waals surface area contributed by atoms with Crippen molar-refractivity contribution in [1.82, 2.24) is 0 Å². The lowest BCUT2D eigenvalue weighted by Gasteiger charge is -2.52. The molecule has 0 radical (unpaired) electrons. The summed E-state index contributed by atoms with van der Waals surface area (Å²) in [5, 5.41) is 0. The van der Waals surface area contributed by atoms with Gasteiger partial charge in [-0.15, -0.1) is 0 Å². The molecule has 3 nitrogen and oxygen atoms in total. The minimum Gasteiger partial charge on any atom is -0.330 e. The van der Waals surface area contributed by atoms with Crippen LogP contribution in [-0.2, 0) is 14.2 Å². The first-order valence-electron chi connectivity index (χ1n) is 11.7. The third kappa shape index (κ3) is 6.15. The van der Waals surface area contributed by atoms with Gasteiger partial charge in [-0.2, -0.15) is 26.3 Å². The predicted molar refractivity (Wildman–Crippen MR) is 114 cm³/mol. The SMILES string of the molecule is CCCCCCCCC(CC)(C(OC)(OC)OC)C(F)(F)C(F)(F)C(F)(F)C(F)CCCC. The van der Waals surface area contributed by atoms with Crippen LogP contribution in [0.15, 0.2) is 0 Å². The number of halogens is 7. The number of hydrogen-bond acceptors (Lipinski definition) is 3. The van der Waals surface area contributed by atoms with E-state index in [1.54, 1.807) is 6.92 Å². The normalized spacial score (nSPS) is 16.6. The predicted octanol–water partition coefficient (Wildman–Crippen LogP) is 8.16. The third-order valence-electron chi connectivity index (χ3n) is 6.57. The molecule has 0 aliphatic heterocycles.